The molecule has 3 rings (SSSR count). The Bertz CT molecular complexity index is 1140. The van der Waals surface area contributed by atoms with Crippen molar-refractivity contribution in [2.75, 3.05) is 0 Å². The third-order valence-corrected chi connectivity index (χ3v) is 5.85. The summed E-state index contributed by atoms with van der Waals surface area (Å²) < 4.78 is 26.1. The molecule has 0 amide bonds. The summed E-state index contributed by atoms with van der Waals surface area (Å²) in [6.07, 6.45) is 0.924. The molecule has 1 N–H and O–H groups in total. The number of aromatic amines is 1. The highest BCUT2D eigenvalue weighted by atomic mass is 35.5. The van der Waals surface area contributed by atoms with Gasteiger partial charge in [0.15, 0.2) is 0 Å². The molecule has 0 saturated heterocycles. The lowest BCUT2D eigenvalue weighted by Crippen LogP contribution is -2.33. The highest BCUT2D eigenvalue weighted by Gasteiger charge is 2.21. The first kappa shape index (κ1) is 17.4. The van der Waals surface area contributed by atoms with E-state index in [1.807, 2.05) is 0 Å². The summed E-state index contributed by atoms with van der Waals surface area (Å²) >= 11 is 11.9. The molecule has 7 nitrogen and oxygen atoms in total. The Morgan fingerprint density at radius 1 is 1.00 bits per heavy atom. The van der Waals surface area contributed by atoms with Crippen molar-refractivity contribution < 1.29 is 8.42 Å². The molecule has 128 valence electrons. The van der Waals surface area contributed by atoms with E-state index in [1.54, 1.807) is 0 Å². The molecular weight excluding hydrogens is 389 g/mol. The molecule has 0 aliphatic rings. The number of sulfone groups is 1. The van der Waals surface area contributed by atoms with E-state index in [0.717, 1.165) is 10.8 Å². The van der Waals surface area contributed by atoms with Gasteiger partial charge in [0, 0.05) is 5.02 Å². The number of nitrogens with zero attached hydrogens (tertiary/aromatic N) is 2. The van der Waals surface area contributed by atoms with Crippen LogP contribution in [0, 0.1) is 0 Å². The number of hydrogen-bond acceptors (Lipinski definition) is 5. The Morgan fingerprint density at radius 3 is 2.28 bits per heavy atom. The van der Waals surface area contributed by atoms with Gasteiger partial charge in [0.05, 0.1) is 20.5 Å². The van der Waals surface area contributed by atoms with Gasteiger partial charge in [0.1, 0.15) is 6.20 Å². The third-order valence-electron chi connectivity index (χ3n) is 3.35. The molecule has 0 saturated carbocycles. The normalized spacial score (nSPS) is 11.4. The van der Waals surface area contributed by atoms with Gasteiger partial charge >= 0.3 is 5.69 Å². The Morgan fingerprint density at radius 2 is 1.68 bits per heavy atom. The van der Waals surface area contributed by atoms with E-state index in [-0.39, 0.29) is 20.5 Å². The van der Waals surface area contributed by atoms with Gasteiger partial charge in [0.2, 0.25) is 9.84 Å². The zero-order chi connectivity index (χ0) is 18.2. The van der Waals surface area contributed by atoms with Gasteiger partial charge in [-0.15, -0.1) is 0 Å². The molecule has 0 aliphatic heterocycles. The van der Waals surface area contributed by atoms with Crippen LogP contribution in [0.5, 0.6) is 0 Å². The van der Waals surface area contributed by atoms with Gasteiger partial charge in [-0.1, -0.05) is 23.2 Å². The Kier molecular flexibility index (Phi) is 4.51. The number of nitrogens with one attached hydrogen (secondary N) is 1. The maximum atomic E-state index is 12.7. The van der Waals surface area contributed by atoms with Crippen molar-refractivity contribution >= 4 is 33.0 Å². The first-order valence-electron chi connectivity index (χ1n) is 6.78. The average molecular weight is 398 g/mol. The van der Waals surface area contributed by atoms with Gasteiger partial charge in [-0.3, -0.25) is 4.79 Å². The van der Waals surface area contributed by atoms with Gasteiger partial charge in [-0.25, -0.2) is 22.9 Å². The predicted octanol–water partition coefficient (Wildman–Crippen LogP) is 2.06. The molecule has 2 aromatic carbocycles. The standard InChI is InChI=1S/C15H9Cl2N3O4S/c16-9-1-4-11(5-2-9)25(23,24)13-6-3-10(7-12(13)17)20-14(21)8-18-19-15(20)22/h1-8H,(H,19,22). The molecule has 0 aliphatic carbocycles. The van der Waals surface area contributed by atoms with E-state index in [9.17, 15) is 18.0 Å². The van der Waals surface area contributed by atoms with Crippen LogP contribution in [0.15, 0.2) is 68.0 Å². The SMILES string of the molecule is O=c1cn[nH]c(=O)n1-c1ccc(S(=O)(=O)c2ccc(Cl)cc2)c(Cl)c1. The quantitative estimate of drug-likeness (QED) is 0.728. The van der Waals surface area contributed by atoms with Crippen LogP contribution in [-0.4, -0.2) is 23.2 Å². The highest BCUT2D eigenvalue weighted by Crippen LogP contribution is 2.29. The number of hydrogen-bond donors (Lipinski definition) is 1. The topological polar surface area (TPSA) is 102 Å². The molecule has 10 heteroatoms. The predicted molar refractivity (Wildman–Crippen MR) is 92.4 cm³/mol. The van der Waals surface area contributed by atoms with Crippen molar-refractivity contribution in [1.29, 1.82) is 0 Å². The number of halogens is 2. The fourth-order valence-electron chi connectivity index (χ4n) is 2.18. The zero-order valence-electron chi connectivity index (χ0n) is 12.3. The monoisotopic (exact) mass is 397 g/mol. The molecule has 0 fully saturated rings. The summed E-state index contributed by atoms with van der Waals surface area (Å²) in [6, 6.07) is 9.39. The zero-order valence-corrected chi connectivity index (χ0v) is 14.6. The van der Waals surface area contributed by atoms with E-state index in [4.69, 9.17) is 23.2 Å². The Hall–Kier alpha value is -2.42. The van der Waals surface area contributed by atoms with Gasteiger partial charge in [0.25, 0.3) is 5.56 Å². The van der Waals surface area contributed by atoms with E-state index in [0.29, 0.717) is 5.02 Å². The van der Waals surface area contributed by atoms with Crippen LogP contribution in [0.2, 0.25) is 10.0 Å². The second-order valence-corrected chi connectivity index (χ2v) is 7.68. The van der Waals surface area contributed by atoms with Crippen LogP contribution in [0.4, 0.5) is 0 Å². The van der Waals surface area contributed by atoms with Crippen molar-refractivity contribution in [1.82, 2.24) is 14.8 Å². The van der Waals surface area contributed by atoms with Gasteiger partial charge in [-0.05, 0) is 42.5 Å². The molecule has 1 heterocycles. The van der Waals surface area contributed by atoms with E-state index in [1.165, 1.54) is 42.5 Å². The molecule has 0 unspecified atom stereocenters. The molecule has 1 aromatic heterocycles. The van der Waals surface area contributed by atoms with Crippen LogP contribution in [0.1, 0.15) is 0 Å². The van der Waals surface area contributed by atoms with Crippen LogP contribution in [0.3, 0.4) is 0 Å². The minimum Gasteiger partial charge on any atom is -0.267 e. The number of aromatic nitrogens is 3. The van der Waals surface area contributed by atoms with Crippen LogP contribution in [0.25, 0.3) is 5.69 Å². The lowest BCUT2D eigenvalue weighted by Gasteiger charge is -2.09. The van der Waals surface area contributed by atoms with Crippen molar-refractivity contribution in [2.45, 2.75) is 9.79 Å². The molecule has 0 radical (unpaired) electrons. The van der Waals surface area contributed by atoms with E-state index < -0.39 is 21.1 Å². The minimum atomic E-state index is -3.88. The fraction of sp³-hybridized carbons (Fsp3) is 0. The van der Waals surface area contributed by atoms with Crippen LogP contribution < -0.4 is 11.2 Å². The number of H-pyrrole nitrogens is 1. The van der Waals surface area contributed by atoms with Gasteiger partial charge in [-0.2, -0.15) is 5.10 Å². The van der Waals surface area contributed by atoms with Crippen molar-refractivity contribution in [3.63, 3.8) is 0 Å². The number of rotatable bonds is 3. The summed E-state index contributed by atoms with van der Waals surface area (Å²) in [7, 11) is -3.88. The first-order valence-corrected chi connectivity index (χ1v) is 9.02. The lowest BCUT2D eigenvalue weighted by molar-refractivity contribution is 0.596. The smallest absolute Gasteiger partial charge is 0.267 e. The molecular formula is C15H9Cl2N3O4S. The van der Waals surface area contributed by atoms with Crippen LogP contribution >= 0.6 is 23.2 Å². The Balaban J connectivity index is 2.14. The summed E-state index contributed by atoms with van der Waals surface area (Å²) in [5, 5.41) is 5.77. The minimum absolute atomic E-state index is 0.0190. The molecule has 0 spiro atoms. The number of benzene rings is 2. The van der Waals surface area contributed by atoms with Crippen LogP contribution in [-0.2, 0) is 9.84 Å². The summed E-state index contributed by atoms with van der Waals surface area (Å²) in [6.45, 7) is 0. The van der Waals surface area contributed by atoms with Crippen molar-refractivity contribution in [3.8, 4) is 5.69 Å². The average Bonchev–Trinajstić information content (AvgIpc) is 2.55. The molecule has 0 bridgehead atoms. The second kappa shape index (κ2) is 6.47. The first-order chi connectivity index (χ1) is 11.8. The van der Waals surface area contributed by atoms with E-state index >= 15 is 0 Å². The molecule has 0 atom stereocenters. The molecule has 25 heavy (non-hydrogen) atoms. The largest absolute Gasteiger partial charge is 0.349 e. The fourth-order valence-corrected chi connectivity index (χ4v) is 4.10. The van der Waals surface area contributed by atoms with Crippen molar-refractivity contribution in [3.05, 3.63) is 79.5 Å². The summed E-state index contributed by atoms with van der Waals surface area (Å²) in [4.78, 5) is 23.4. The van der Waals surface area contributed by atoms with E-state index in [2.05, 4.69) is 10.2 Å². The molecule has 3 aromatic rings. The van der Waals surface area contributed by atoms with Crippen molar-refractivity contribution in [2.24, 2.45) is 0 Å². The third kappa shape index (κ3) is 3.23. The highest BCUT2D eigenvalue weighted by molar-refractivity contribution is 7.91. The maximum absolute atomic E-state index is 12.7. The Labute approximate surface area is 151 Å². The van der Waals surface area contributed by atoms with Gasteiger partial charge < -0.3 is 0 Å². The summed E-state index contributed by atoms with van der Waals surface area (Å²) in [5.41, 5.74) is -1.32. The second-order valence-electron chi connectivity index (χ2n) is 4.92. The summed E-state index contributed by atoms with van der Waals surface area (Å²) in [5.74, 6) is 0. The maximum Gasteiger partial charge on any atom is 0.349 e. The lowest BCUT2D eigenvalue weighted by atomic mass is 10.3.